The van der Waals surface area contributed by atoms with Gasteiger partial charge in [0.1, 0.15) is 11.5 Å². The zero-order valence-electron chi connectivity index (χ0n) is 9.41. The summed E-state index contributed by atoms with van der Waals surface area (Å²) in [5, 5.41) is 0. The van der Waals surface area contributed by atoms with Gasteiger partial charge in [-0.3, -0.25) is 4.79 Å². The molecule has 0 spiro atoms. The van der Waals surface area contributed by atoms with E-state index in [2.05, 4.69) is 22.6 Å². The Labute approximate surface area is 108 Å². The highest BCUT2D eigenvalue weighted by Crippen LogP contribution is 2.34. The van der Waals surface area contributed by atoms with Crippen LogP contribution in [0.3, 0.4) is 0 Å². The summed E-state index contributed by atoms with van der Waals surface area (Å²) in [7, 11) is 3.15. The van der Waals surface area contributed by atoms with E-state index in [9.17, 15) is 4.79 Å². The lowest BCUT2D eigenvalue weighted by molar-refractivity contribution is -0.119. The van der Waals surface area contributed by atoms with Crippen LogP contribution in [0, 0.1) is 3.57 Å². The molecule has 88 valence electrons. The summed E-state index contributed by atoms with van der Waals surface area (Å²) >= 11 is 2.15. The van der Waals surface area contributed by atoms with Crippen LogP contribution < -0.4 is 15.2 Å². The molecule has 1 aromatic carbocycles. The molecule has 0 fully saturated rings. The molecule has 2 N–H and O–H groups in total. The van der Waals surface area contributed by atoms with Crippen molar-refractivity contribution in [3.63, 3.8) is 0 Å². The fraction of sp³-hybridized carbons (Fsp3) is 0.364. The first-order valence-electron chi connectivity index (χ1n) is 4.72. The molecule has 0 heterocycles. The van der Waals surface area contributed by atoms with Gasteiger partial charge in [0, 0.05) is 5.56 Å². The quantitative estimate of drug-likeness (QED) is 0.855. The van der Waals surface area contributed by atoms with Crippen molar-refractivity contribution in [2.24, 2.45) is 5.73 Å². The molecule has 5 heteroatoms. The number of primary amides is 1. The van der Waals surface area contributed by atoms with E-state index in [1.54, 1.807) is 27.2 Å². The average molecular weight is 335 g/mol. The van der Waals surface area contributed by atoms with Gasteiger partial charge in [-0.1, -0.05) is 0 Å². The lowest BCUT2D eigenvalue weighted by Gasteiger charge is -2.15. The van der Waals surface area contributed by atoms with E-state index in [0.717, 1.165) is 9.13 Å². The van der Waals surface area contributed by atoms with E-state index in [4.69, 9.17) is 15.2 Å². The van der Waals surface area contributed by atoms with E-state index in [-0.39, 0.29) is 5.91 Å². The van der Waals surface area contributed by atoms with Gasteiger partial charge in [-0.15, -0.1) is 0 Å². The highest BCUT2D eigenvalue weighted by atomic mass is 127. The van der Waals surface area contributed by atoms with Crippen LogP contribution in [0.5, 0.6) is 11.5 Å². The molecule has 1 rings (SSSR count). The molecule has 4 nitrogen and oxygen atoms in total. The molecule has 0 aromatic heterocycles. The third-order valence-corrected chi connectivity index (χ3v) is 3.24. The van der Waals surface area contributed by atoms with Crippen LogP contribution in [0.15, 0.2) is 12.1 Å². The van der Waals surface area contributed by atoms with Crippen LogP contribution in [0.1, 0.15) is 18.4 Å². The van der Waals surface area contributed by atoms with Crippen LogP contribution in [0.25, 0.3) is 0 Å². The zero-order chi connectivity index (χ0) is 12.3. The van der Waals surface area contributed by atoms with Crippen molar-refractivity contribution in [2.45, 2.75) is 12.8 Å². The number of benzene rings is 1. The highest BCUT2D eigenvalue weighted by molar-refractivity contribution is 14.1. The number of ether oxygens (including phenoxy) is 2. The van der Waals surface area contributed by atoms with Crippen molar-refractivity contribution in [2.75, 3.05) is 14.2 Å². The van der Waals surface area contributed by atoms with Gasteiger partial charge in [0.25, 0.3) is 0 Å². The van der Waals surface area contributed by atoms with Crippen molar-refractivity contribution in [1.29, 1.82) is 0 Å². The molecule has 1 atom stereocenters. The minimum absolute atomic E-state index is 0.387. The molecule has 1 unspecified atom stereocenters. The summed E-state index contributed by atoms with van der Waals surface area (Å²) in [6.45, 7) is 1.74. The minimum atomic E-state index is -0.402. The van der Waals surface area contributed by atoms with Gasteiger partial charge >= 0.3 is 0 Å². The van der Waals surface area contributed by atoms with E-state index in [1.165, 1.54) is 0 Å². The van der Waals surface area contributed by atoms with E-state index in [0.29, 0.717) is 11.5 Å². The molecule has 0 radical (unpaired) electrons. The van der Waals surface area contributed by atoms with Gasteiger partial charge in [0.2, 0.25) is 5.91 Å². The molecule has 0 aliphatic carbocycles. The number of nitrogens with two attached hydrogens (primary N) is 1. The maximum absolute atomic E-state index is 11.2. The van der Waals surface area contributed by atoms with Crippen molar-refractivity contribution in [3.8, 4) is 11.5 Å². The fourth-order valence-corrected chi connectivity index (χ4v) is 2.03. The van der Waals surface area contributed by atoms with Crippen LogP contribution in [0.2, 0.25) is 0 Å². The molecule has 0 saturated carbocycles. The highest BCUT2D eigenvalue weighted by Gasteiger charge is 2.19. The molecule has 1 amide bonds. The van der Waals surface area contributed by atoms with Gasteiger partial charge in [-0.05, 0) is 41.6 Å². The van der Waals surface area contributed by atoms with Crippen LogP contribution in [0.4, 0.5) is 0 Å². The number of carbonyl (C=O) groups excluding carboxylic acids is 1. The number of hydrogen-bond donors (Lipinski definition) is 1. The largest absolute Gasteiger partial charge is 0.496 e. The first-order valence-corrected chi connectivity index (χ1v) is 5.79. The molecule has 0 bridgehead atoms. The Kier molecular flexibility index (Phi) is 4.40. The first kappa shape index (κ1) is 13.1. The Morgan fingerprint density at radius 3 is 2.31 bits per heavy atom. The number of amides is 1. The van der Waals surface area contributed by atoms with E-state index >= 15 is 0 Å². The summed E-state index contributed by atoms with van der Waals surface area (Å²) in [5.41, 5.74) is 6.03. The minimum Gasteiger partial charge on any atom is -0.496 e. The summed E-state index contributed by atoms with van der Waals surface area (Å²) in [5.74, 6) is 0.573. The Balaban J connectivity index is 3.29. The predicted molar refractivity (Wildman–Crippen MR) is 69.9 cm³/mol. The number of methoxy groups -OCH3 is 2. The third-order valence-electron chi connectivity index (χ3n) is 2.40. The fourth-order valence-electron chi connectivity index (χ4n) is 1.38. The number of hydrogen-bond acceptors (Lipinski definition) is 3. The second-order valence-corrected chi connectivity index (χ2v) is 4.51. The number of rotatable bonds is 4. The molecule has 16 heavy (non-hydrogen) atoms. The van der Waals surface area contributed by atoms with Gasteiger partial charge in [0.15, 0.2) is 0 Å². The molecular weight excluding hydrogens is 321 g/mol. The van der Waals surface area contributed by atoms with Crippen molar-refractivity contribution in [1.82, 2.24) is 0 Å². The summed E-state index contributed by atoms with van der Waals surface area (Å²) < 4.78 is 11.4. The first-order chi connectivity index (χ1) is 7.51. The summed E-state index contributed by atoms with van der Waals surface area (Å²) in [6.07, 6.45) is 0. The summed E-state index contributed by atoms with van der Waals surface area (Å²) in [4.78, 5) is 11.2. The van der Waals surface area contributed by atoms with Gasteiger partial charge in [0.05, 0.1) is 23.7 Å². The average Bonchev–Trinajstić information content (AvgIpc) is 2.27. The van der Waals surface area contributed by atoms with E-state index in [1.807, 2.05) is 6.07 Å². The molecule has 0 saturated heterocycles. The monoisotopic (exact) mass is 335 g/mol. The van der Waals surface area contributed by atoms with Crippen LogP contribution >= 0.6 is 22.6 Å². The smallest absolute Gasteiger partial charge is 0.224 e. The van der Waals surface area contributed by atoms with E-state index < -0.39 is 5.92 Å². The van der Waals surface area contributed by atoms with Crippen LogP contribution in [-0.4, -0.2) is 20.1 Å². The second kappa shape index (κ2) is 5.38. The maximum Gasteiger partial charge on any atom is 0.224 e. The Morgan fingerprint density at radius 1 is 1.31 bits per heavy atom. The number of carbonyl (C=O) groups is 1. The van der Waals surface area contributed by atoms with Gasteiger partial charge in [-0.2, -0.15) is 0 Å². The molecular formula is C11H14INO3. The maximum atomic E-state index is 11.2. The molecule has 0 aliphatic heterocycles. The Morgan fingerprint density at radius 2 is 1.88 bits per heavy atom. The zero-order valence-corrected chi connectivity index (χ0v) is 11.6. The van der Waals surface area contributed by atoms with Crippen LogP contribution in [-0.2, 0) is 4.79 Å². The number of halogens is 1. The Hall–Kier alpha value is -0.980. The predicted octanol–water partition coefficient (Wildman–Crippen LogP) is 1.90. The molecule has 1 aromatic rings. The SMILES string of the molecule is COc1cc(C(C)C(N)=O)c(OC)cc1I. The van der Waals surface area contributed by atoms with Crippen molar-refractivity contribution < 1.29 is 14.3 Å². The standard InChI is InChI=1S/C11H14INO3/c1-6(11(13)14)7-4-10(16-3)8(12)5-9(7)15-2/h4-6H,1-3H3,(H2,13,14). The summed E-state index contributed by atoms with van der Waals surface area (Å²) in [6, 6.07) is 3.62. The lowest BCUT2D eigenvalue weighted by atomic mass is 9.99. The van der Waals surface area contributed by atoms with Crippen molar-refractivity contribution in [3.05, 3.63) is 21.3 Å². The topological polar surface area (TPSA) is 61.5 Å². The third kappa shape index (κ3) is 2.58. The molecule has 0 aliphatic rings. The van der Waals surface area contributed by atoms with Gasteiger partial charge < -0.3 is 15.2 Å². The second-order valence-electron chi connectivity index (χ2n) is 3.35. The van der Waals surface area contributed by atoms with Gasteiger partial charge in [-0.25, -0.2) is 0 Å². The van der Waals surface area contributed by atoms with Crippen molar-refractivity contribution >= 4 is 28.5 Å². The Bertz CT molecular complexity index is 406. The normalized spacial score (nSPS) is 12.0. The lowest BCUT2D eigenvalue weighted by Crippen LogP contribution is -2.19.